The molecule has 2 atom stereocenters. The fraction of sp³-hybridized carbons (Fsp3) is 0.588. The van der Waals surface area contributed by atoms with Crippen LogP contribution in [0.2, 0.25) is 0 Å². The summed E-state index contributed by atoms with van der Waals surface area (Å²) in [6.07, 6.45) is 2.44. The van der Waals surface area contributed by atoms with Gasteiger partial charge in [0.25, 0.3) is 0 Å². The first-order valence-corrected chi connectivity index (χ1v) is 7.80. The van der Waals surface area contributed by atoms with Crippen molar-refractivity contribution in [1.29, 1.82) is 0 Å². The molecule has 1 aromatic carbocycles. The van der Waals surface area contributed by atoms with Gasteiger partial charge in [-0.1, -0.05) is 43.7 Å². The van der Waals surface area contributed by atoms with Crippen molar-refractivity contribution in [2.75, 3.05) is 26.7 Å². The summed E-state index contributed by atoms with van der Waals surface area (Å²) in [4.78, 5) is 6.81. The Morgan fingerprint density at radius 1 is 1.29 bits per heavy atom. The molecule has 21 heavy (non-hydrogen) atoms. The molecule has 0 aliphatic carbocycles. The zero-order valence-corrected chi connectivity index (χ0v) is 15.7. The second-order valence-electron chi connectivity index (χ2n) is 5.50. The largest absolute Gasteiger partial charge is 0.357 e. The van der Waals surface area contributed by atoms with Gasteiger partial charge in [-0.2, -0.15) is 0 Å². The minimum Gasteiger partial charge on any atom is -0.357 e. The lowest BCUT2D eigenvalue weighted by Crippen LogP contribution is -2.48. The Bertz CT molecular complexity index is 433. The molecule has 4 heteroatoms. The number of aliphatic imine (C=N–C) groups is 1. The highest BCUT2D eigenvalue weighted by Crippen LogP contribution is 2.34. The van der Waals surface area contributed by atoms with Crippen molar-refractivity contribution >= 4 is 29.9 Å². The number of rotatable bonds is 3. The van der Waals surface area contributed by atoms with Crippen molar-refractivity contribution in [3.63, 3.8) is 0 Å². The van der Waals surface area contributed by atoms with Crippen LogP contribution in [-0.4, -0.2) is 37.5 Å². The van der Waals surface area contributed by atoms with Crippen molar-refractivity contribution in [3.05, 3.63) is 35.9 Å². The topological polar surface area (TPSA) is 27.6 Å². The quantitative estimate of drug-likeness (QED) is 0.475. The van der Waals surface area contributed by atoms with Crippen molar-refractivity contribution in [1.82, 2.24) is 10.2 Å². The molecule has 0 radical (unpaired) electrons. The van der Waals surface area contributed by atoms with E-state index in [0.29, 0.717) is 11.8 Å². The van der Waals surface area contributed by atoms with Crippen LogP contribution in [0, 0.1) is 5.92 Å². The average molecular weight is 401 g/mol. The molecule has 2 unspecified atom stereocenters. The van der Waals surface area contributed by atoms with Crippen LogP contribution < -0.4 is 5.32 Å². The van der Waals surface area contributed by atoms with E-state index in [0.717, 1.165) is 25.6 Å². The van der Waals surface area contributed by atoms with Crippen LogP contribution in [0.15, 0.2) is 35.3 Å². The summed E-state index contributed by atoms with van der Waals surface area (Å²) in [5.74, 6) is 2.45. The molecule has 1 saturated heterocycles. The molecule has 0 bridgehead atoms. The fourth-order valence-corrected chi connectivity index (χ4v) is 3.27. The maximum atomic E-state index is 4.40. The average Bonchev–Trinajstić information content (AvgIpc) is 2.53. The summed E-state index contributed by atoms with van der Waals surface area (Å²) in [6.45, 7) is 7.56. The number of guanidine groups is 1. The Balaban J connectivity index is 0.00000220. The molecule has 3 nitrogen and oxygen atoms in total. The number of likely N-dealkylation sites (tertiary alicyclic amines) is 1. The standard InChI is InChI=1S/C17H27N3.HI/c1-4-14-13-20(17(18-3)19-5-2)12-11-16(14)15-9-7-6-8-10-15;/h6-10,14,16H,4-5,11-13H2,1-3H3,(H,18,19);1H. The maximum Gasteiger partial charge on any atom is 0.193 e. The van der Waals surface area contributed by atoms with E-state index in [1.807, 2.05) is 7.05 Å². The first-order valence-electron chi connectivity index (χ1n) is 7.80. The summed E-state index contributed by atoms with van der Waals surface area (Å²) in [5, 5.41) is 3.38. The van der Waals surface area contributed by atoms with Crippen LogP contribution in [0.25, 0.3) is 0 Å². The summed E-state index contributed by atoms with van der Waals surface area (Å²) < 4.78 is 0. The fourth-order valence-electron chi connectivity index (χ4n) is 3.27. The van der Waals surface area contributed by atoms with Gasteiger partial charge in [0.2, 0.25) is 0 Å². The van der Waals surface area contributed by atoms with Gasteiger partial charge in [0.05, 0.1) is 0 Å². The van der Waals surface area contributed by atoms with Crippen LogP contribution in [0.1, 0.15) is 38.2 Å². The number of piperidine rings is 1. The Kier molecular flexibility index (Phi) is 8.07. The highest BCUT2D eigenvalue weighted by atomic mass is 127. The Morgan fingerprint density at radius 3 is 2.57 bits per heavy atom. The van der Waals surface area contributed by atoms with E-state index in [9.17, 15) is 0 Å². The zero-order valence-electron chi connectivity index (χ0n) is 13.4. The molecule has 0 spiro atoms. The van der Waals surface area contributed by atoms with Crippen molar-refractivity contribution < 1.29 is 0 Å². The lowest BCUT2D eigenvalue weighted by molar-refractivity contribution is 0.216. The van der Waals surface area contributed by atoms with Gasteiger partial charge in [0.1, 0.15) is 0 Å². The van der Waals surface area contributed by atoms with Gasteiger partial charge in [0, 0.05) is 26.7 Å². The molecule has 118 valence electrons. The van der Waals surface area contributed by atoms with Gasteiger partial charge < -0.3 is 10.2 Å². The third kappa shape index (κ3) is 4.59. The van der Waals surface area contributed by atoms with E-state index in [1.165, 1.54) is 18.4 Å². The van der Waals surface area contributed by atoms with Crippen LogP contribution >= 0.6 is 24.0 Å². The molecule has 0 saturated carbocycles. The summed E-state index contributed by atoms with van der Waals surface area (Å²) in [7, 11) is 1.88. The lowest BCUT2D eigenvalue weighted by Gasteiger charge is -2.40. The number of nitrogens with zero attached hydrogens (tertiary/aromatic N) is 2. The molecule has 1 N–H and O–H groups in total. The third-order valence-corrected chi connectivity index (χ3v) is 4.33. The van der Waals surface area contributed by atoms with Crippen LogP contribution in [0.5, 0.6) is 0 Å². The normalized spacial score (nSPS) is 22.6. The van der Waals surface area contributed by atoms with E-state index >= 15 is 0 Å². The molecule has 0 aromatic heterocycles. The molecule has 1 aliphatic heterocycles. The lowest BCUT2D eigenvalue weighted by atomic mass is 9.79. The van der Waals surface area contributed by atoms with Gasteiger partial charge >= 0.3 is 0 Å². The minimum atomic E-state index is 0. The van der Waals surface area contributed by atoms with E-state index in [-0.39, 0.29) is 24.0 Å². The second kappa shape index (κ2) is 9.28. The molecule has 0 amide bonds. The first-order chi connectivity index (χ1) is 9.80. The van der Waals surface area contributed by atoms with E-state index < -0.39 is 0 Å². The molecular formula is C17H28IN3. The van der Waals surface area contributed by atoms with Gasteiger partial charge in [-0.3, -0.25) is 4.99 Å². The van der Waals surface area contributed by atoms with E-state index in [2.05, 4.69) is 59.4 Å². The second-order valence-corrected chi connectivity index (χ2v) is 5.50. The Morgan fingerprint density at radius 2 is 2.00 bits per heavy atom. The van der Waals surface area contributed by atoms with Crippen LogP contribution in [-0.2, 0) is 0 Å². The van der Waals surface area contributed by atoms with Gasteiger partial charge in [0.15, 0.2) is 5.96 Å². The zero-order chi connectivity index (χ0) is 14.4. The van der Waals surface area contributed by atoms with Crippen LogP contribution in [0.3, 0.4) is 0 Å². The van der Waals surface area contributed by atoms with Gasteiger partial charge in [-0.05, 0) is 30.7 Å². The summed E-state index contributed by atoms with van der Waals surface area (Å²) >= 11 is 0. The number of benzene rings is 1. The predicted octanol–water partition coefficient (Wildman–Crippen LogP) is 3.72. The molecular weight excluding hydrogens is 373 g/mol. The highest BCUT2D eigenvalue weighted by Gasteiger charge is 2.30. The molecule has 1 aromatic rings. The van der Waals surface area contributed by atoms with Crippen molar-refractivity contribution in [2.24, 2.45) is 10.9 Å². The van der Waals surface area contributed by atoms with Crippen LogP contribution in [0.4, 0.5) is 0 Å². The Hall–Kier alpha value is -0.780. The monoisotopic (exact) mass is 401 g/mol. The smallest absolute Gasteiger partial charge is 0.193 e. The molecule has 1 heterocycles. The van der Waals surface area contributed by atoms with E-state index in [4.69, 9.17) is 0 Å². The minimum absolute atomic E-state index is 0. The molecule has 1 fully saturated rings. The first kappa shape index (κ1) is 18.3. The highest BCUT2D eigenvalue weighted by molar-refractivity contribution is 14.0. The Labute approximate surface area is 146 Å². The third-order valence-electron chi connectivity index (χ3n) is 4.33. The van der Waals surface area contributed by atoms with Gasteiger partial charge in [-0.15, -0.1) is 24.0 Å². The number of halogens is 1. The van der Waals surface area contributed by atoms with Gasteiger partial charge in [-0.25, -0.2) is 0 Å². The van der Waals surface area contributed by atoms with Crippen molar-refractivity contribution in [3.8, 4) is 0 Å². The molecule has 1 aliphatic rings. The predicted molar refractivity (Wildman–Crippen MR) is 102 cm³/mol. The summed E-state index contributed by atoms with van der Waals surface area (Å²) in [5.41, 5.74) is 1.50. The van der Waals surface area contributed by atoms with E-state index in [1.54, 1.807) is 0 Å². The SMILES string of the molecule is CCNC(=NC)N1CCC(c2ccccc2)C(CC)C1.I. The number of hydrogen-bond donors (Lipinski definition) is 1. The number of hydrogen-bond acceptors (Lipinski definition) is 1. The summed E-state index contributed by atoms with van der Waals surface area (Å²) in [6, 6.07) is 11.0. The molecule has 2 rings (SSSR count). The number of nitrogens with one attached hydrogen (secondary N) is 1. The maximum absolute atomic E-state index is 4.40. The van der Waals surface area contributed by atoms with Crippen molar-refractivity contribution in [2.45, 2.75) is 32.6 Å².